The van der Waals surface area contributed by atoms with Crippen LogP contribution >= 0.6 is 0 Å². The van der Waals surface area contributed by atoms with Gasteiger partial charge in [-0.05, 0) is 76.6 Å². The van der Waals surface area contributed by atoms with E-state index in [4.69, 9.17) is 9.47 Å². The van der Waals surface area contributed by atoms with Crippen molar-refractivity contribution < 1.29 is 70.1 Å². The molecule has 10 atom stereocenters. The van der Waals surface area contributed by atoms with E-state index in [1.807, 2.05) is 26.0 Å². The van der Waals surface area contributed by atoms with Crippen LogP contribution in [0.3, 0.4) is 0 Å². The zero-order chi connectivity index (χ0) is 53.0. The molecule has 2 aromatic carbocycles. The number of carbonyl (C=O) groups excluding carboxylic acids is 2. The first kappa shape index (κ1) is 60.4. The normalized spacial score (nSPS) is 25.7. The fourth-order valence-corrected chi connectivity index (χ4v) is 7.89. The molecule has 0 saturated carbocycles. The van der Waals surface area contributed by atoms with Gasteiger partial charge in [-0.3, -0.25) is 0 Å². The van der Waals surface area contributed by atoms with Crippen LogP contribution in [0.15, 0.2) is 145 Å². The van der Waals surface area contributed by atoms with Gasteiger partial charge in [0.05, 0.1) is 48.8 Å². The second kappa shape index (κ2) is 32.9. The van der Waals surface area contributed by atoms with Crippen molar-refractivity contribution in [2.75, 3.05) is 0 Å². The van der Waals surface area contributed by atoms with Gasteiger partial charge in [0.25, 0.3) is 0 Å². The molecule has 10 N–H and O–H groups in total. The molecule has 0 saturated heterocycles. The molecular formula is C58H76O14. The summed E-state index contributed by atoms with van der Waals surface area (Å²) in [6, 6.07) is 9.14. The highest BCUT2D eigenvalue weighted by Gasteiger charge is 2.26. The molecule has 14 heteroatoms. The fourth-order valence-electron chi connectivity index (χ4n) is 7.89. The number of hydrogen-bond donors (Lipinski definition) is 10. The Kier molecular flexibility index (Phi) is 27.6. The van der Waals surface area contributed by atoms with Crippen molar-refractivity contribution in [1.29, 1.82) is 0 Å². The Hall–Kier alpha value is -5.94. The third-order valence-corrected chi connectivity index (χ3v) is 11.3. The van der Waals surface area contributed by atoms with Crippen molar-refractivity contribution in [2.45, 2.75) is 153 Å². The lowest BCUT2D eigenvalue weighted by atomic mass is 10.0. The number of aromatic hydroxyl groups is 2. The number of phenolic OH excluding ortho intramolecular Hbond substituents is 2. The van der Waals surface area contributed by atoms with Crippen LogP contribution in [0.5, 0.6) is 11.5 Å². The molecule has 1 aliphatic heterocycles. The minimum Gasteiger partial charge on any atom is -0.507 e. The summed E-state index contributed by atoms with van der Waals surface area (Å²) in [5.41, 5.74) is 2.27. The lowest BCUT2D eigenvalue weighted by Crippen LogP contribution is -2.27. The van der Waals surface area contributed by atoms with Crippen molar-refractivity contribution >= 4 is 24.1 Å². The lowest BCUT2D eigenvalue weighted by Gasteiger charge is -2.22. The van der Waals surface area contributed by atoms with Crippen LogP contribution in [0.4, 0.5) is 0 Å². The van der Waals surface area contributed by atoms with Gasteiger partial charge in [0, 0.05) is 38.5 Å². The topological polar surface area (TPSA) is 255 Å². The molecule has 0 radical (unpaired) electrons. The standard InChI is InChI=1S/C58H76O14/c1-39-19-11-7-5-9-13-21-43-23-15-29-53(67)55(43)57(69)72-52(34-42(4)60)38-48(64)28-18-26-46(62)36-50(66)32-40(2)20-12-8-6-10-14-22-44-24-16-30-54(68)56(44)58(70)71-51(33-41(3)59)37-47(63)27-17-25-45(61)35-49(65)31-39/h5-26,29-30,41-42,45-52,59-68H,27-28,31-38H2,1-4H3/t41-,42-,45-,46?,47+,48?,49+,50+,51+,52+/m1/s1. The number of cyclic esters (lactones) is 2. The minimum atomic E-state index is -1.01. The molecule has 3 rings (SSSR count). The molecule has 0 spiro atoms. The minimum absolute atomic E-state index is 0.0244. The third-order valence-electron chi connectivity index (χ3n) is 11.3. The van der Waals surface area contributed by atoms with Crippen molar-refractivity contribution in [3.63, 3.8) is 0 Å². The van der Waals surface area contributed by atoms with Crippen LogP contribution < -0.4 is 0 Å². The Morgan fingerprint density at radius 1 is 0.514 bits per heavy atom. The van der Waals surface area contributed by atoms with E-state index in [1.165, 1.54) is 38.1 Å². The monoisotopic (exact) mass is 997 g/mol. The summed E-state index contributed by atoms with van der Waals surface area (Å²) >= 11 is 0. The summed E-state index contributed by atoms with van der Waals surface area (Å²) in [5, 5.41) is 106. The van der Waals surface area contributed by atoms with Crippen LogP contribution in [0.1, 0.15) is 124 Å². The summed E-state index contributed by atoms with van der Waals surface area (Å²) in [5.74, 6) is -2.29. The molecule has 14 nitrogen and oxygen atoms in total. The first-order valence-corrected chi connectivity index (χ1v) is 24.5. The van der Waals surface area contributed by atoms with Crippen molar-refractivity contribution in [1.82, 2.24) is 0 Å². The van der Waals surface area contributed by atoms with E-state index < -0.39 is 73.0 Å². The number of rotatable bonds is 4. The molecule has 0 fully saturated rings. The summed E-state index contributed by atoms with van der Waals surface area (Å²) in [6.07, 6.45) is 21.8. The molecule has 2 unspecified atom stereocenters. The van der Waals surface area contributed by atoms with Crippen molar-refractivity contribution in [2.24, 2.45) is 0 Å². The van der Waals surface area contributed by atoms with E-state index in [2.05, 4.69) is 0 Å². The predicted octanol–water partition coefficient (Wildman–Crippen LogP) is 7.95. The Labute approximate surface area is 424 Å². The highest BCUT2D eigenvalue weighted by molar-refractivity contribution is 5.97. The number of carbonyl (C=O) groups is 2. The molecule has 0 bridgehead atoms. The average molecular weight is 997 g/mol. The summed E-state index contributed by atoms with van der Waals surface area (Å²) in [6.45, 7) is 6.75. The average Bonchev–Trinajstić information content (AvgIpc) is 3.27. The second-order valence-corrected chi connectivity index (χ2v) is 18.4. The van der Waals surface area contributed by atoms with Gasteiger partial charge in [-0.25, -0.2) is 9.59 Å². The van der Waals surface area contributed by atoms with Crippen LogP contribution in [0, 0.1) is 0 Å². The van der Waals surface area contributed by atoms with Gasteiger partial charge in [-0.15, -0.1) is 0 Å². The number of esters is 2. The molecular weight excluding hydrogens is 921 g/mol. The van der Waals surface area contributed by atoms with Gasteiger partial charge in [-0.1, -0.05) is 145 Å². The van der Waals surface area contributed by atoms with E-state index in [0.29, 0.717) is 11.1 Å². The number of aliphatic hydroxyl groups is 8. The molecule has 2 aromatic rings. The number of hydrogen-bond acceptors (Lipinski definition) is 14. The number of allylic oxidation sites excluding steroid dienone is 12. The molecule has 1 aliphatic rings. The third kappa shape index (κ3) is 24.5. The highest BCUT2D eigenvalue weighted by Crippen LogP contribution is 2.27. The smallest absolute Gasteiger partial charge is 0.342 e. The van der Waals surface area contributed by atoms with Crippen LogP contribution in [-0.4, -0.2) is 124 Å². The summed E-state index contributed by atoms with van der Waals surface area (Å²) in [7, 11) is 0. The van der Waals surface area contributed by atoms with E-state index >= 15 is 0 Å². The van der Waals surface area contributed by atoms with Crippen molar-refractivity contribution in [3.05, 3.63) is 167 Å². The fraction of sp³-hybridized carbons (Fsp3) is 0.414. The quantitative estimate of drug-likeness (QED) is 0.103. The second-order valence-electron chi connectivity index (χ2n) is 18.4. The maximum absolute atomic E-state index is 13.5. The maximum atomic E-state index is 13.5. The lowest BCUT2D eigenvalue weighted by molar-refractivity contribution is -0.00168. The molecule has 392 valence electrons. The SMILES string of the molecule is CC1=CC=CC=CC=Cc2cccc(O)c2C(=O)O[C@@H](C[C@@H](C)O)C[C@@H](O)CC=C[C@@H](O)C[C@@H](O)CC(C)=CC=CC=CC=Cc2cccc(O)c2C(=O)O[C@@H](C[C@@H](C)O)CC(O)CC=CC(O)C[C@@H](O)C1. The Balaban J connectivity index is 1.82. The molecule has 0 amide bonds. The molecule has 1 heterocycles. The van der Waals surface area contributed by atoms with E-state index in [-0.39, 0.29) is 86.8 Å². The number of aliphatic hydroxyl groups excluding tert-OH is 8. The summed E-state index contributed by atoms with van der Waals surface area (Å²) < 4.78 is 11.5. The maximum Gasteiger partial charge on any atom is 0.342 e. The predicted molar refractivity (Wildman–Crippen MR) is 281 cm³/mol. The molecule has 72 heavy (non-hydrogen) atoms. The van der Waals surface area contributed by atoms with Crippen molar-refractivity contribution in [3.8, 4) is 11.5 Å². The zero-order valence-corrected chi connectivity index (χ0v) is 41.8. The first-order chi connectivity index (χ1) is 34.3. The molecule has 0 aliphatic carbocycles. The number of phenols is 2. The van der Waals surface area contributed by atoms with Gasteiger partial charge in [0.1, 0.15) is 34.8 Å². The Bertz CT molecular complexity index is 2130. The van der Waals surface area contributed by atoms with E-state index in [9.17, 15) is 60.7 Å². The zero-order valence-electron chi connectivity index (χ0n) is 41.8. The number of fused-ring (bicyclic) bond motifs is 2. The Morgan fingerprint density at radius 2 is 0.875 bits per heavy atom. The number of benzene rings is 2. The van der Waals surface area contributed by atoms with E-state index in [0.717, 1.165) is 11.1 Å². The first-order valence-electron chi connectivity index (χ1n) is 24.5. The van der Waals surface area contributed by atoms with Crippen LogP contribution in [-0.2, 0) is 9.47 Å². The van der Waals surface area contributed by atoms with Gasteiger partial charge in [0.2, 0.25) is 0 Å². The molecule has 0 aromatic heterocycles. The van der Waals surface area contributed by atoms with Gasteiger partial charge in [0.15, 0.2) is 0 Å². The van der Waals surface area contributed by atoms with Gasteiger partial charge in [-0.2, -0.15) is 0 Å². The Morgan fingerprint density at radius 3 is 1.25 bits per heavy atom. The van der Waals surface area contributed by atoms with Crippen LogP contribution in [0.25, 0.3) is 12.2 Å². The number of ether oxygens (including phenoxy) is 2. The highest BCUT2D eigenvalue weighted by atomic mass is 16.5. The summed E-state index contributed by atoms with van der Waals surface area (Å²) in [4.78, 5) is 26.9. The largest absolute Gasteiger partial charge is 0.507 e. The van der Waals surface area contributed by atoms with Gasteiger partial charge >= 0.3 is 11.9 Å². The van der Waals surface area contributed by atoms with Gasteiger partial charge < -0.3 is 60.5 Å². The van der Waals surface area contributed by atoms with Crippen LogP contribution in [0.2, 0.25) is 0 Å². The van der Waals surface area contributed by atoms with E-state index in [1.54, 1.807) is 109 Å².